The van der Waals surface area contributed by atoms with E-state index in [9.17, 15) is 10.1 Å². The maximum absolute atomic E-state index is 11.9. The van der Waals surface area contributed by atoms with E-state index in [0.717, 1.165) is 12.8 Å². The molecular formula is C13H16N4OS. The van der Waals surface area contributed by atoms with Gasteiger partial charge in [-0.3, -0.25) is 4.79 Å². The van der Waals surface area contributed by atoms with E-state index in [-0.39, 0.29) is 17.6 Å². The largest absolute Gasteiger partial charge is 0.397 e. The first-order chi connectivity index (χ1) is 9.05. The number of pyridine rings is 1. The van der Waals surface area contributed by atoms with Crippen molar-refractivity contribution in [3.8, 4) is 6.07 Å². The van der Waals surface area contributed by atoms with Crippen LogP contribution in [0.2, 0.25) is 0 Å². The molecule has 1 saturated carbocycles. The van der Waals surface area contributed by atoms with Crippen molar-refractivity contribution in [3.05, 3.63) is 18.3 Å². The van der Waals surface area contributed by atoms with Gasteiger partial charge in [0.05, 0.1) is 17.5 Å². The van der Waals surface area contributed by atoms with Crippen molar-refractivity contribution in [2.24, 2.45) is 5.92 Å². The lowest BCUT2D eigenvalue weighted by Crippen LogP contribution is -2.47. The summed E-state index contributed by atoms with van der Waals surface area (Å²) in [5, 5.41) is 12.6. The minimum atomic E-state index is -0.743. The molecule has 1 aromatic rings. The smallest absolute Gasteiger partial charge is 0.231 e. The summed E-state index contributed by atoms with van der Waals surface area (Å²) in [6.07, 6.45) is 3.65. The molecule has 1 aliphatic carbocycles. The molecule has 0 bridgehead atoms. The van der Waals surface area contributed by atoms with Crippen LogP contribution in [0.1, 0.15) is 19.8 Å². The highest BCUT2D eigenvalue weighted by Crippen LogP contribution is 2.39. The van der Waals surface area contributed by atoms with Crippen molar-refractivity contribution in [1.82, 2.24) is 10.3 Å². The molecule has 3 N–H and O–H groups in total. The third kappa shape index (κ3) is 3.38. The topological polar surface area (TPSA) is 91.8 Å². The average Bonchev–Trinajstić information content (AvgIpc) is 3.22. The predicted octanol–water partition coefficient (Wildman–Crippen LogP) is 1.56. The summed E-state index contributed by atoms with van der Waals surface area (Å²) in [4.78, 5) is 16.0. The maximum Gasteiger partial charge on any atom is 0.231 e. The summed E-state index contributed by atoms with van der Waals surface area (Å²) >= 11 is 1.28. The van der Waals surface area contributed by atoms with Crippen LogP contribution in [-0.2, 0) is 4.79 Å². The number of nitrogens with one attached hydrogen (secondary N) is 1. The van der Waals surface area contributed by atoms with E-state index in [1.54, 1.807) is 25.3 Å². The first-order valence-corrected chi connectivity index (χ1v) is 7.09. The Hall–Kier alpha value is -1.74. The Morgan fingerprint density at radius 2 is 2.47 bits per heavy atom. The normalized spacial score (nSPS) is 17.3. The van der Waals surface area contributed by atoms with Crippen LogP contribution in [0.25, 0.3) is 0 Å². The first-order valence-electron chi connectivity index (χ1n) is 6.11. The maximum atomic E-state index is 11.9. The second kappa shape index (κ2) is 5.49. The molecule has 1 fully saturated rings. The van der Waals surface area contributed by atoms with Crippen LogP contribution in [0.3, 0.4) is 0 Å². The summed E-state index contributed by atoms with van der Waals surface area (Å²) in [7, 11) is 0. The number of aromatic nitrogens is 1. The molecule has 5 nitrogen and oxygen atoms in total. The standard InChI is InChI=1S/C13H16N4OS/c1-13(8-14,9-4-5-9)17-11(18)7-19-12-10(15)3-2-6-16-12/h2-3,6,9H,4-5,7,15H2,1H3,(H,17,18). The highest BCUT2D eigenvalue weighted by atomic mass is 32.2. The van der Waals surface area contributed by atoms with Crippen LogP contribution < -0.4 is 11.1 Å². The lowest BCUT2D eigenvalue weighted by molar-refractivity contribution is -0.119. The first kappa shape index (κ1) is 13.7. The van der Waals surface area contributed by atoms with Crippen LogP contribution >= 0.6 is 11.8 Å². The number of thioether (sulfide) groups is 1. The quantitative estimate of drug-likeness (QED) is 0.796. The SMILES string of the molecule is CC(C#N)(NC(=O)CSc1ncccc1N)C1CC1. The number of hydrogen-bond acceptors (Lipinski definition) is 5. The van der Waals surface area contributed by atoms with Crippen molar-refractivity contribution < 1.29 is 4.79 Å². The number of carbonyl (C=O) groups is 1. The van der Waals surface area contributed by atoms with Crippen molar-refractivity contribution in [1.29, 1.82) is 5.26 Å². The third-order valence-corrected chi connectivity index (χ3v) is 4.19. The minimum Gasteiger partial charge on any atom is -0.397 e. The third-order valence-electron chi connectivity index (χ3n) is 3.17. The van der Waals surface area contributed by atoms with Crippen LogP contribution in [0.15, 0.2) is 23.4 Å². The lowest BCUT2D eigenvalue weighted by Gasteiger charge is -2.22. The van der Waals surface area contributed by atoms with Gasteiger partial charge in [-0.2, -0.15) is 5.26 Å². The van der Waals surface area contributed by atoms with Gasteiger partial charge in [0.1, 0.15) is 10.6 Å². The van der Waals surface area contributed by atoms with E-state index < -0.39 is 5.54 Å². The van der Waals surface area contributed by atoms with Gasteiger partial charge in [0, 0.05) is 6.20 Å². The number of nitriles is 1. The number of nitrogen functional groups attached to an aromatic ring is 1. The van der Waals surface area contributed by atoms with Crippen molar-refractivity contribution >= 4 is 23.4 Å². The molecule has 2 rings (SSSR count). The van der Waals surface area contributed by atoms with E-state index in [1.807, 2.05) is 0 Å². The Bertz CT molecular complexity index is 524. The summed E-state index contributed by atoms with van der Waals surface area (Å²) in [6, 6.07) is 5.70. The fourth-order valence-corrected chi connectivity index (χ4v) is 2.58. The Labute approximate surface area is 116 Å². The van der Waals surface area contributed by atoms with Gasteiger partial charge >= 0.3 is 0 Å². The molecule has 1 heterocycles. The van der Waals surface area contributed by atoms with Gasteiger partial charge in [-0.1, -0.05) is 11.8 Å². The second-order valence-electron chi connectivity index (χ2n) is 4.82. The van der Waals surface area contributed by atoms with Crippen molar-refractivity contribution in [2.75, 3.05) is 11.5 Å². The monoisotopic (exact) mass is 276 g/mol. The number of nitrogens with two attached hydrogens (primary N) is 1. The van der Waals surface area contributed by atoms with Crippen LogP contribution in [0, 0.1) is 17.2 Å². The summed E-state index contributed by atoms with van der Waals surface area (Å²) in [6.45, 7) is 1.78. The number of nitrogens with zero attached hydrogens (tertiary/aromatic N) is 2. The highest BCUT2D eigenvalue weighted by Gasteiger charge is 2.42. The van der Waals surface area contributed by atoms with E-state index >= 15 is 0 Å². The molecule has 19 heavy (non-hydrogen) atoms. The molecule has 1 amide bonds. The number of anilines is 1. The molecule has 6 heteroatoms. The van der Waals surface area contributed by atoms with Gasteiger partial charge in [0.2, 0.25) is 5.91 Å². The Morgan fingerprint density at radius 1 is 1.74 bits per heavy atom. The molecule has 0 aromatic carbocycles. The zero-order valence-corrected chi connectivity index (χ0v) is 11.5. The van der Waals surface area contributed by atoms with Gasteiger partial charge in [-0.25, -0.2) is 4.98 Å². The Kier molecular flexibility index (Phi) is 3.96. The van der Waals surface area contributed by atoms with E-state index in [4.69, 9.17) is 5.73 Å². The molecule has 0 aliphatic heterocycles. The van der Waals surface area contributed by atoms with Crippen LogP contribution in [-0.4, -0.2) is 22.2 Å². The van der Waals surface area contributed by atoms with Crippen molar-refractivity contribution in [3.63, 3.8) is 0 Å². The molecule has 100 valence electrons. The summed E-state index contributed by atoms with van der Waals surface area (Å²) < 4.78 is 0. The molecule has 1 unspecified atom stereocenters. The van der Waals surface area contributed by atoms with Gasteiger partial charge in [-0.15, -0.1) is 0 Å². The highest BCUT2D eigenvalue weighted by molar-refractivity contribution is 8.00. The number of carbonyl (C=O) groups excluding carboxylic acids is 1. The fraction of sp³-hybridized carbons (Fsp3) is 0.462. The number of amides is 1. The van der Waals surface area contributed by atoms with Crippen LogP contribution in [0.5, 0.6) is 0 Å². The zero-order valence-electron chi connectivity index (χ0n) is 10.7. The van der Waals surface area contributed by atoms with Gasteiger partial charge < -0.3 is 11.1 Å². The van der Waals surface area contributed by atoms with Crippen molar-refractivity contribution in [2.45, 2.75) is 30.3 Å². The van der Waals surface area contributed by atoms with E-state index in [0.29, 0.717) is 10.7 Å². The predicted molar refractivity (Wildman–Crippen MR) is 74.3 cm³/mol. The van der Waals surface area contributed by atoms with Gasteiger partial charge in [0.25, 0.3) is 0 Å². The molecule has 0 spiro atoms. The number of hydrogen-bond donors (Lipinski definition) is 2. The van der Waals surface area contributed by atoms with Crippen LogP contribution in [0.4, 0.5) is 5.69 Å². The minimum absolute atomic E-state index is 0.161. The fourth-order valence-electron chi connectivity index (χ4n) is 1.87. The second-order valence-corrected chi connectivity index (χ2v) is 5.79. The Morgan fingerprint density at radius 3 is 3.05 bits per heavy atom. The van der Waals surface area contributed by atoms with Gasteiger partial charge in [0.15, 0.2) is 0 Å². The molecule has 0 saturated heterocycles. The Balaban J connectivity index is 1.88. The summed E-state index contributed by atoms with van der Waals surface area (Å²) in [5.41, 5.74) is 5.57. The molecule has 0 radical (unpaired) electrons. The average molecular weight is 276 g/mol. The molecule has 1 atom stereocenters. The zero-order chi connectivity index (χ0) is 13.9. The van der Waals surface area contributed by atoms with E-state index in [1.165, 1.54) is 11.8 Å². The molecule has 1 aromatic heterocycles. The van der Waals surface area contributed by atoms with Gasteiger partial charge in [-0.05, 0) is 37.8 Å². The molecule has 1 aliphatic rings. The van der Waals surface area contributed by atoms with E-state index in [2.05, 4.69) is 16.4 Å². The number of rotatable bonds is 5. The summed E-state index contributed by atoms with van der Waals surface area (Å²) in [5.74, 6) is 0.336. The molecular weight excluding hydrogens is 260 g/mol. The lowest BCUT2D eigenvalue weighted by atomic mass is 9.98.